The number of carbonyl (C=O) groups is 1. The van der Waals surface area contributed by atoms with E-state index in [1.54, 1.807) is 28.1 Å². The van der Waals surface area contributed by atoms with Crippen LogP contribution in [0.25, 0.3) is 21.3 Å². The predicted octanol–water partition coefficient (Wildman–Crippen LogP) is 6.13. The summed E-state index contributed by atoms with van der Waals surface area (Å²) in [5, 5.41) is 11.7. The Hall–Kier alpha value is -3.45. The molecule has 1 fully saturated rings. The number of pyridine rings is 1. The Morgan fingerprint density at radius 2 is 1.93 bits per heavy atom. The normalized spacial score (nSPS) is 17.6. The standard InChI is InChI=1S/C32H33ClF2N4O5S/c1-17-13-23(29-28(36-17)25(16-45-29)31(41)42)22-14-19(33)3-6-27(22)43-12-11-39-18(2)37-26-5-4-20(15-24(26)30(39)40)38-9-7-21(8-10-38)44-32(34)35/h3,6,13-14,16,20-21,32H,4-5,7-12,15H2,1-2H3,(H,41,42)/t20-/m0/s1. The van der Waals surface area contributed by atoms with Gasteiger partial charge in [-0.25, -0.2) is 9.78 Å². The number of nitrogens with zero attached hydrogens (tertiary/aromatic N) is 4. The van der Waals surface area contributed by atoms with E-state index in [-0.39, 0.29) is 30.3 Å². The molecule has 0 unspecified atom stereocenters. The van der Waals surface area contributed by atoms with Crippen LogP contribution in [0.5, 0.6) is 5.75 Å². The molecule has 4 heterocycles. The average Bonchev–Trinajstić information content (AvgIpc) is 3.43. The summed E-state index contributed by atoms with van der Waals surface area (Å²) < 4.78 is 38.6. The number of hydrogen-bond acceptors (Lipinski definition) is 8. The maximum Gasteiger partial charge on any atom is 0.345 e. The van der Waals surface area contributed by atoms with Gasteiger partial charge >= 0.3 is 12.6 Å². The minimum atomic E-state index is -2.75. The molecule has 0 amide bonds. The van der Waals surface area contributed by atoms with Crippen LogP contribution in [-0.2, 0) is 24.1 Å². The minimum absolute atomic E-state index is 0.0794. The lowest BCUT2D eigenvalue weighted by Gasteiger charge is -2.39. The van der Waals surface area contributed by atoms with Crippen molar-refractivity contribution in [2.24, 2.45) is 0 Å². The number of aromatic nitrogens is 3. The third-order valence-corrected chi connectivity index (χ3v) is 9.90. The Labute approximate surface area is 267 Å². The molecule has 1 N–H and O–H groups in total. The number of ether oxygens (including phenoxy) is 2. The third kappa shape index (κ3) is 6.60. The van der Waals surface area contributed by atoms with Crippen LogP contribution in [0.4, 0.5) is 8.78 Å². The van der Waals surface area contributed by atoms with Gasteiger partial charge in [0.2, 0.25) is 0 Å². The number of hydrogen-bond donors (Lipinski definition) is 1. The summed E-state index contributed by atoms with van der Waals surface area (Å²) in [6.07, 6.45) is 2.80. The van der Waals surface area contributed by atoms with Crippen LogP contribution in [0.2, 0.25) is 5.02 Å². The second-order valence-corrected chi connectivity index (χ2v) is 12.8. The van der Waals surface area contributed by atoms with Crippen LogP contribution >= 0.6 is 22.9 Å². The number of rotatable bonds is 9. The lowest BCUT2D eigenvalue weighted by atomic mass is 9.90. The van der Waals surface area contributed by atoms with Crippen molar-refractivity contribution in [2.75, 3.05) is 19.7 Å². The molecule has 6 rings (SSSR count). The largest absolute Gasteiger partial charge is 0.491 e. The van der Waals surface area contributed by atoms with Crippen molar-refractivity contribution in [1.29, 1.82) is 0 Å². The monoisotopic (exact) mass is 658 g/mol. The lowest BCUT2D eigenvalue weighted by Crippen LogP contribution is -2.47. The van der Waals surface area contributed by atoms with Crippen molar-refractivity contribution in [1.82, 2.24) is 19.4 Å². The Kier molecular flexibility index (Phi) is 9.19. The summed E-state index contributed by atoms with van der Waals surface area (Å²) in [4.78, 5) is 37.0. The molecular weight excluding hydrogens is 626 g/mol. The summed E-state index contributed by atoms with van der Waals surface area (Å²) in [5.41, 5.74) is 4.15. The van der Waals surface area contributed by atoms with E-state index in [4.69, 9.17) is 26.1 Å². The number of aromatic carboxylic acids is 1. The van der Waals surface area contributed by atoms with Crippen LogP contribution in [0.15, 0.2) is 34.4 Å². The van der Waals surface area contributed by atoms with Gasteiger partial charge in [-0.05, 0) is 70.2 Å². The van der Waals surface area contributed by atoms with Crippen LogP contribution in [0, 0.1) is 13.8 Å². The first-order valence-corrected chi connectivity index (χ1v) is 16.2. The topological polar surface area (TPSA) is 107 Å². The van der Waals surface area contributed by atoms with Crippen molar-refractivity contribution >= 4 is 39.1 Å². The number of piperidine rings is 1. The van der Waals surface area contributed by atoms with Crippen molar-refractivity contribution in [3.63, 3.8) is 0 Å². The molecule has 238 valence electrons. The summed E-state index contributed by atoms with van der Waals surface area (Å²) in [7, 11) is 0. The van der Waals surface area contributed by atoms with Crippen molar-refractivity contribution in [3.05, 3.63) is 73.4 Å². The highest BCUT2D eigenvalue weighted by Gasteiger charge is 2.31. The number of carboxylic acids is 1. The Bertz CT molecular complexity index is 1800. The lowest BCUT2D eigenvalue weighted by molar-refractivity contribution is -0.173. The van der Waals surface area contributed by atoms with Gasteiger partial charge in [0.05, 0.1) is 34.1 Å². The van der Waals surface area contributed by atoms with E-state index < -0.39 is 18.7 Å². The zero-order valence-electron chi connectivity index (χ0n) is 24.9. The van der Waals surface area contributed by atoms with Gasteiger partial charge in [0.1, 0.15) is 18.2 Å². The van der Waals surface area contributed by atoms with E-state index in [1.807, 2.05) is 19.9 Å². The quantitative estimate of drug-likeness (QED) is 0.229. The van der Waals surface area contributed by atoms with Crippen molar-refractivity contribution in [2.45, 2.75) is 71.3 Å². The van der Waals surface area contributed by atoms with Crippen LogP contribution in [-0.4, -0.2) is 69.0 Å². The Balaban J connectivity index is 1.19. The molecule has 3 aromatic heterocycles. The fourth-order valence-electron chi connectivity index (χ4n) is 6.48. The number of carboxylic acid groups (broad SMARTS) is 1. The van der Waals surface area contributed by atoms with Crippen molar-refractivity contribution < 1.29 is 28.2 Å². The fraction of sp³-hybridized carbons (Fsp3) is 0.438. The third-order valence-electron chi connectivity index (χ3n) is 8.67. The highest BCUT2D eigenvalue weighted by Crippen LogP contribution is 2.40. The van der Waals surface area contributed by atoms with E-state index in [0.717, 1.165) is 22.4 Å². The molecule has 1 atom stereocenters. The van der Waals surface area contributed by atoms with Gasteiger partial charge in [0.15, 0.2) is 0 Å². The molecule has 9 nitrogen and oxygen atoms in total. The molecule has 1 aliphatic heterocycles. The van der Waals surface area contributed by atoms with Gasteiger partial charge in [-0.2, -0.15) is 8.78 Å². The molecular formula is C32H33ClF2N4O5S. The van der Waals surface area contributed by atoms with Gasteiger partial charge in [-0.3, -0.25) is 19.2 Å². The number of benzene rings is 1. The fourth-order valence-corrected chi connectivity index (χ4v) is 7.66. The molecule has 1 aliphatic carbocycles. The van der Waals surface area contributed by atoms with E-state index in [9.17, 15) is 23.5 Å². The van der Waals surface area contributed by atoms with E-state index in [0.29, 0.717) is 77.7 Å². The van der Waals surface area contributed by atoms with E-state index >= 15 is 0 Å². The zero-order valence-corrected chi connectivity index (χ0v) is 26.5. The number of likely N-dealkylation sites (tertiary alicyclic amines) is 1. The smallest absolute Gasteiger partial charge is 0.345 e. The Morgan fingerprint density at radius 3 is 2.67 bits per heavy atom. The second kappa shape index (κ2) is 13.1. The number of alkyl halides is 2. The summed E-state index contributed by atoms with van der Waals surface area (Å²) in [6.45, 7) is 2.67. The van der Waals surface area contributed by atoms with Gasteiger partial charge < -0.3 is 14.6 Å². The van der Waals surface area contributed by atoms with Crippen LogP contribution in [0.1, 0.15) is 52.4 Å². The molecule has 0 bridgehead atoms. The predicted molar refractivity (Wildman–Crippen MR) is 168 cm³/mol. The number of halogens is 3. The molecule has 1 saturated heterocycles. The van der Waals surface area contributed by atoms with Crippen LogP contribution in [0.3, 0.4) is 0 Å². The number of fused-ring (bicyclic) bond motifs is 2. The molecule has 13 heteroatoms. The zero-order chi connectivity index (χ0) is 31.8. The molecule has 2 aliphatic rings. The van der Waals surface area contributed by atoms with Crippen LogP contribution < -0.4 is 10.3 Å². The SMILES string of the molecule is Cc1cc(-c2cc(Cl)ccc2OCCn2c(C)nc3c(c2=O)C[C@@H](N2CCC(OC(F)F)CC2)CC3)c2scc(C(=O)O)c2n1. The van der Waals surface area contributed by atoms with Gasteiger partial charge in [0.25, 0.3) is 5.56 Å². The van der Waals surface area contributed by atoms with Gasteiger partial charge in [-0.15, -0.1) is 11.3 Å². The maximum atomic E-state index is 13.7. The second-order valence-electron chi connectivity index (χ2n) is 11.5. The first-order valence-electron chi connectivity index (χ1n) is 14.9. The number of thiophene rings is 1. The minimum Gasteiger partial charge on any atom is -0.491 e. The van der Waals surface area contributed by atoms with E-state index in [1.165, 1.54) is 11.3 Å². The first kappa shape index (κ1) is 31.5. The average molecular weight is 659 g/mol. The summed E-state index contributed by atoms with van der Waals surface area (Å²) >= 11 is 7.69. The summed E-state index contributed by atoms with van der Waals surface area (Å²) in [5.74, 6) is 0.128. The Morgan fingerprint density at radius 1 is 1.16 bits per heavy atom. The first-order chi connectivity index (χ1) is 21.6. The molecule has 0 saturated carbocycles. The molecule has 0 spiro atoms. The molecule has 4 aromatic rings. The van der Waals surface area contributed by atoms with E-state index in [2.05, 4.69) is 9.88 Å². The highest BCUT2D eigenvalue weighted by atomic mass is 35.5. The maximum absolute atomic E-state index is 13.7. The van der Waals surface area contributed by atoms with Gasteiger partial charge in [-0.1, -0.05) is 11.6 Å². The van der Waals surface area contributed by atoms with Gasteiger partial charge in [0, 0.05) is 51.9 Å². The summed E-state index contributed by atoms with van der Waals surface area (Å²) in [6, 6.07) is 7.32. The highest BCUT2D eigenvalue weighted by molar-refractivity contribution is 7.18. The molecule has 1 aromatic carbocycles. The molecule has 0 radical (unpaired) electrons. The van der Waals surface area contributed by atoms with Crippen molar-refractivity contribution in [3.8, 4) is 16.9 Å². The molecule has 45 heavy (non-hydrogen) atoms. The number of aryl methyl sites for hydroxylation is 3.